The third-order valence-electron chi connectivity index (χ3n) is 3.67. The summed E-state index contributed by atoms with van der Waals surface area (Å²) in [5, 5.41) is 3.07. The van der Waals surface area contributed by atoms with E-state index in [2.05, 4.69) is 37.9 Å². The standard InChI is InChI=1S/C14H22BrN3O2S/c1-3-6-16-14-13(7-12(15)9-17-14)21(19,20)18-8-10(2)11-4-5-11/h7,9-11,18H,3-6,8H2,1-2H3,(H,16,17). The van der Waals surface area contributed by atoms with Gasteiger partial charge in [0.1, 0.15) is 10.7 Å². The van der Waals surface area contributed by atoms with Gasteiger partial charge in [-0.2, -0.15) is 0 Å². The maximum Gasteiger partial charge on any atom is 0.244 e. The predicted molar refractivity (Wildman–Crippen MR) is 87.8 cm³/mol. The number of pyridine rings is 1. The Morgan fingerprint density at radius 2 is 2.19 bits per heavy atom. The number of hydrogen-bond donors (Lipinski definition) is 2. The number of nitrogens with zero attached hydrogens (tertiary/aromatic N) is 1. The molecule has 1 saturated carbocycles. The third kappa shape index (κ3) is 4.66. The Morgan fingerprint density at radius 1 is 1.48 bits per heavy atom. The van der Waals surface area contributed by atoms with Crippen molar-refractivity contribution in [1.29, 1.82) is 0 Å². The molecule has 0 spiro atoms. The van der Waals surface area contributed by atoms with Crippen molar-refractivity contribution < 1.29 is 8.42 Å². The van der Waals surface area contributed by atoms with E-state index < -0.39 is 10.0 Å². The topological polar surface area (TPSA) is 71.1 Å². The Labute approximate surface area is 135 Å². The van der Waals surface area contributed by atoms with Crippen LogP contribution >= 0.6 is 15.9 Å². The summed E-state index contributed by atoms with van der Waals surface area (Å²) in [7, 11) is -3.55. The predicted octanol–water partition coefficient (Wildman–Crippen LogP) is 2.99. The van der Waals surface area contributed by atoms with Crippen molar-refractivity contribution in [2.24, 2.45) is 11.8 Å². The minimum atomic E-state index is -3.55. The molecule has 2 rings (SSSR count). The van der Waals surface area contributed by atoms with E-state index in [9.17, 15) is 8.42 Å². The van der Waals surface area contributed by atoms with Gasteiger partial charge >= 0.3 is 0 Å². The van der Waals surface area contributed by atoms with Crippen molar-refractivity contribution in [2.75, 3.05) is 18.4 Å². The van der Waals surface area contributed by atoms with E-state index in [1.807, 2.05) is 6.92 Å². The van der Waals surface area contributed by atoms with Crippen molar-refractivity contribution in [3.8, 4) is 0 Å². The SMILES string of the molecule is CCCNc1ncc(Br)cc1S(=O)(=O)NCC(C)C1CC1. The molecule has 1 fully saturated rings. The molecule has 1 aliphatic carbocycles. The molecule has 0 aliphatic heterocycles. The lowest BCUT2D eigenvalue weighted by Crippen LogP contribution is -2.30. The van der Waals surface area contributed by atoms with E-state index in [0.717, 1.165) is 6.42 Å². The Balaban J connectivity index is 2.14. The van der Waals surface area contributed by atoms with Crippen LogP contribution in [0.4, 0.5) is 5.82 Å². The molecular weight excluding hydrogens is 354 g/mol. The van der Waals surface area contributed by atoms with Crippen LogP contribution in [0, 0.1) is 11.8 Å². The van der Waals surface area contributed by atoms with Gasteiger partial charge in [0.05, 0.1) is 0 Å². The fourth-order valence-corrected chi connectivity index (χ4v) is 3.93. The molecule has 0 amide bonds. The van der Waals surface area contributed by atoms with E-state index in [1.165, 1.54) is 12.8 Å². The number of anilines is 1. The maximum atomic E-state index is 12.5. The first-order valence-corrected chi connectivity index (χ1v) is 9.60. The van der Waals surface area contributed by atoms with Crippen LogP contribution in [0.15, 0.2) is 21.6 Å². The second kappa shape index (κ2) is 7.07. The molecule has 21 heavy (non-hydrogen) atoms. The van der Waals surface area contributed by atoms with Crippen molar-refractivity contribution >= 4 is 31.8 Å². The number of rotatable bonds is 8. The van der Waals surface area contributed by atoms with Gasteiger partial charge in [-0.25, -0.2) is 18.1 Å². The zero-order valence-electron chi connectivity index (χ0n) is 12.4. The average molecular weight is 376 g/mol. The minimum Gasteiger partial charge on any atom is -0.369 e. The van der Waals surface area contributed by atoms with E-state index >= 15 is 0 Å². The largest absolute Gasteiger partial charge is 0.369 e. The zero-order chi connectivity index (χ0) is 15.5. The zero-order valence-corrected chi connectivity index (χ0v) is 14.8. The summed E-state index contributed by atoms with van der Waals surface area (Å²) >= 11 is 3.29. The number of aromatic nitrogens is 1. The first-order chi connectivity index (χ1) is 9.94. The molecule has 0 saturated heterocycles. The molecule has 0 bridgehead atoms. The highest BCUT2D eigenvalue weighted by Gasteiger charge is 2.29. The number of nitrogens with one attached hydrogen (secondary N) is 2. The molecule has 7 heteroatoms. The van der Waals surface area contributed by atoms with Crippen molar-refractivity contribution in [1.82, 2.24) is 9.71 Å². The van der Waals surface area contributed by atoms with Gasteiger partial charge in [-0.1, -0.05) is 13.8 Å². The van der Waals surface area contributed by atoms with Gasteiger partial charge in [-0.15, -0.1) is 0 Å². The monoisotopic (exact) mass is 375 g/mol. The smallest absolute Gasteiger partial charge is 0.244 e. The highest BCUT2D eigenvalue weighted by molar-refractivity contribution is 9.10. The summed E-state index contributed by atoms with van der Waals surface area (Å²) in [6.45, 7) is 5.29. The highest BCUT2D eigenvalue weighted by atomic mass is 79.9. The van der Waals surface area contributed by atoms with Crippen molar-refractivity contribution in [3.63, 3.8) is 0 Å². The fraction of sp³-hybridized carbons (Fsp3) is 0.643. The Bertz CT molecular complexity index is 588. The van der Waals surface area contributed by atoms with Crippen LogP contribution in [-0.2, 0) is 10.0 Å². The van der Waals surface area contributed by atoms with E-state index in [1.54, 1.807) is 12.3 Å². The van der Waals surface area contributed by atoms with Crippen LogP contribution in [0.2, 0.25) is 0 Å². The van der Waals surface area contributed by atoms with Crippen molar-refractivity contribution in [2.45, 2.75) is 38.0 Å². The molecule has 1 aromatic rings. The van der Waals surface area contributed by atoms with E-state index in [0.29, 0.717) is 35.2 Å². The van der Waals surface area contributed by atoms with Gasteiger partial charge in [-0.05, 0) is 53.1 Å². The van der Waals surface area contributed by atoms with E-state index in [4.69, 9.17) is 0 Å². The van der Waals surface area contributed by atoms with Crippen LogP contribution in [0.25, 0.3) is 0 Å². The first-order valence-electron chi connectivity index (χ1n) is 7.33. The summed E-state index contributed by atoms with van der Waals surface area (Å²) in [5.74, 6) is 1.46. The minimum absolute atomic E-state index is 0.202. The number of hydrogen-bond acceptors (Lipinski definition) is 4. The van der Waals surface area contributed by atoms with Crippen LogP contribution in [0.5, 0.6) is 0 Å². The molecule has 1 unspecified atom stereocenters. The van der Waals surface area contributed by atoms with Gasteiger partial charge in [0, 0.05) is 23.8 Å². The van der Waals surface area contributed by atoms with Crippen LogP contribution in [-0.4, -0.2) is 26.5 Å². The fourth-order valence-electron chi connectivity index (χ4n) is 2.15. The molecule has 0 aromatic carbocycles. The second-order valence-corrected chi connectivity index (χ2v) is 8.24. The summed E-state index contributed by atoms with van der Waals surface area (Å²) in [6, 6.07) is 1.59. The van der Waals surface area contributed by atoms with Crippen LogP contribution in [0.1, 0.15) is 33.1 Å². The molecule has 1 aromatic heterocycles. The van der Waals surface area contributed by atoms with Crippen molar-refractivity contribution in [3.05, 3.63) is 16.7 Å². The maximum absolute atomic E-state index is 12.5. The Morgan fingerprint density at radius 3 is 2.81 bits per heavy atom. The quantitative estimate of drug-likeness (QED) is 0.732. The molecule has 5 nitrogen and oxygen atoms in total. The molecular formula is C14H22BrN3O2S. The summed E-state index contributed by atoms with van der Waals surface area (Å²) in [4.78, 5) is 4.38. The van der Waals surface area contributed by atoms with Crippen LogP contribution in [0.3, 0.4) is 0 Å². The molecule has 0 radical (unpaired) electrons. The van der Waals surface area contributed by atoms with E-state index in [-0.39, 0.29) is 4.90 Å². The molecule has 1 heterocycles. The number of sulfonamides is 1. The average Bonchev–Trinajstić information content (AvgIpc) is 3.28. The normalized spacial score (nSPS) is 16.7. The van der Waals surface area contributed by atoms with Gasteiger partial charge < -0.3 is 5.32 Å². The first kappa shape index (κ1) is 16.7. The third-order valence-corrected chi connectivity index (χ3v) is 5.54. The van der Waals surface area contributed by atoms with Gasteiger partial charge in [-0.3, -0.25) is 0 Å². The lowest BCUT2D eigenvalue weighted by Gasteiger charge is -2.15. The highest BCUT2D eigenvalue weighted by Crippen LogP contribution is 2.36. The second-order valence-electron chi connectivity index (χ2n) is 5.59. The molecule has 1 aliphatic rings. The van der Waals surface area contributed by atoms with Gasteiger partial charge in [0.2, 0.25) is 10.0 Å². The van der Waals surface area contributed by atoms with Crippen LogP contribution < -0.4 is 10.0 Å². The summed E-state index contributed by atoms with van der Waals surface area (Å²) in [5.41, 5.74) is 0. The Hall–Kier alpha value is -0.660. The molecule has 2 N–H and O–H groups in total. The summed E-state index contributed by atoms with van der Waals surface area (Å²) in [6.07, 6.45) is 4.93. The number of halogens is 1. The molecule has 1 atom stereocenters. The summed E-state index contributed by atoms with van der Waals surface area (Å²) < 4.78 is 28.4. The van der Waals surface area contributed by atoms with Gasteiger partial charge in [0.25, 0.3) is 0 Å². The Kier molecular flexibility index (Phi) is 5.62. The lowest BCUT2D eigenvalue weighted by molar-refractivity contribution is 0.492. The lowest BCUT2D eigenvalue weighted by atomic mass is 10.1. The van der Waals surface area contributed by atoms with Gasteiger partial charge in [0.15, 0.2) is 0 Å². The molecule has 118 valence electrons.